The first-order valence-corrected chi connectivity index (χ1v) is 16.0. The van der Waals surface area contributed by atoms with Gasteiger partial charge in [-0.15, -0.1) is 11.8 Å². The third-order valence-corrected chi connectivity index (χ3v) is 9.07. The summed E-state index contributed by atoms with van der Waals surface area (Å²) in [4.78, 5) is 29.8. The van der Waals surface area contributed by atoms with Crippen molar-refractivity contribution in [2.75, 3.05) is 17.1 Å². The zero-order valence-electron chi connectivity index (χ0n) is 24.0. The summed E-state index contributed by atoms with van der Waals surface area (Å²) in [6.07, 6.45) is 2.30. The van der Waals surface area contributed by atoms with Crippen molar-refractivity contribution in [1.29, 1.82) is 0 Å². The van der Waals surface area contributed by atoms with Crippen molar-refractivity contribution in [1.82, 2.24) is 10.2 Å². The van der Waals surface area contributed by atoms with E-state index in [1.165, 1.54) is 16.7 Å². The summed E-state index contributed by atoms with van der Waals surface area (Å²) in [7, 11) is -4.09. The number of benzene rings is 3. The monoisotopic (exact) mass is 581 g/mol. The predicted octanol–water partition coefficient (Wildman–Crippen LogP) is 5.55. The van der Waals surface area contributed by atoms with Crippen molar-refractivity contribution in [3.8, 4) is 0 Å². The molecule has 0 aromatic heterocycles. The van der Waals surface area contributed by atoms with Gasteiger partial charge in [0.2, 0.25) is 11.8 Å². The molecule has 40 heavy (non-hydrogen) atoms. The third kappa shape index (κ3) is 7.88. The van der Waals surface area contributed by atoms with E-state index in [4.69, 9.17) is 0 Å². The zero-order valence-corrected chi connectivity index (χ0v) is 25.7. The molecule has 0 unspecified atom stereocenters. The Morgan fingerprint density at radius 3 is 1.93 bits per heavy atom. The van der Waals surface area contributed by atoms with Gasteiger partial charge in [0.25, 0.3) is 10.0 Å². The zero-order chi connectivity index (χ0) is 29.4. The van der Waals surface area contributed by atoms with Gasteiger partial charge in [-0.1, -0.05) is 54.4 Å². The SMILES string of the molecule is CC[C@@H](C(=O)NC(C)C)N(Cc1ccc(C)cc1)C(=O)CN(c1ccc(C)cc1)S(=O)(=O)c1ccc(SC)cc1. The molecule has 0 saturated carbocycles. The summed E-state index contributed by atoms with van der Waals surface area (Å²) < 4.78 is 29.1. The summed E-state index contributed by atoms with van der Waals surface area (Å²) in [5, 5.41) is 2.92. The topological polar surface area (TPSA) is 86.8 Å². The fourth-order valence-corrected chi connectivity index (χ4v) is 6.13. The van der Waals surface area contributed by atoms with Gasteiger partial charge in [-0.2, -0.15) is 0 Å². The highest BCUT2D eigenvalue weighted by atomic mass is 32.2. The Morgan fingerprint density at radius 1 is 0.875 bits per heavy atom. The molecule has 0 fully saturated rings. The first-order chi connectivity index (χ1) is 19.0. The lowest BCUT2D eigenvalue weighted by Gasteiger charge is -2.33. The van der Waals surface area contributed by atoms with Crippen LogP contribution in [0.25, 0.3) is 0 Å². The first kappa shape index (κ1) is 31.2. The molecule has 3 aromatic carbocycles. The fourth-order valence-electron chi connectivity index (χ4n) is 4.31. The number of carbonyl (C=O) groups excluding carboxylic acids is 2. The highest BCUT2D eigenvalue weighted by molar-refractivity contribution is 7.98. The third-order valence-electron chi connectivity index (χ3n) is 6.54. The molecule has 1 atom stereocenters. The summed E-state index contributed by atoms with van der Waals surface area (Å²) in [5.41, 5.74) is 3.28. The maximum atomic E-state index is 14.1. The van der Waals surface area contributed by atoms with Gasteiger partial charge in [0.1, 0.15) is 12.6 Å². The lowest BCUT2D eigenvalue weighted by atomic mass is 10.1. The Morgan fingerprint density at radius 2 is 1.43 bits per heavy atom. The molecule has 1 N–H and O–H groups in total. The van der Waals surface area contributed by atoms with Crippen LogP contribution in [0.2, 0.25) is 0 Å². The molecule has 0 aliphatic heterocycles. The Balaban J connectivity index is 2.05. The van der Waals surface area contributed by atoms with Crippen LogP contribution in [-0.2, 0) is 26.2 Å². The van der Waals surface area contributed by atoms with E-state index < -0.39 is 28.5 Å². The minimum atomic E-state index is -4.09. The number of carbonyl (C=O) groups is 2. The predicted molar refractivity (Wildman–Crippen MR) is 163 cm³/mol. The molecule has 0 saturated heterocycles. The Hall–Kier alpha value is -3.30. The van der Waals surface area contributed by atoms with Gasteiger partial charge >= 0.3 is 0 Å². The molecule has 0 bridgehead atoms. The molecule has 7 nitrogen and oxygen atoms in total. The Bertz CT molecular complexity index is 1390. The molecule has 0 aliphatic rings. The maximum Gasteiger partial charge on any atom is 0.264 e. The first-order valence-electron chi connectivity index (χ1n) is 13.3. The second-order valence-corrected chi connectivity index (χ2v) is 12.9. The number of nitrogens with zero attached hydrogens (tertiary/aromatic N) is 2. The van der Waals surface area contributed by atoms with Crippen LogP contribution in [0.5, 0.6) is 0 Å². The van der Waals surface area contributed by atoms with Crippen molar-refractivity contribution in [2.45, 2.75) is 69.5 Å². The van der Waals surface area contributed by atoms with Crippen LogP contribution in [0.4, 0.5) is 5.69 Å². The number of hydrogen-bond donors (Lipinski definition) is 1. The minimum Gasteiger partial charge on any atom is -0.352 e. The second kappa shape index (κ2) is 13.9. The van der Waals surface area contributed by atoms with Crippen LogP contribution < -0.4 is 9.62 Å². The van der Waals surface area contributed by atoms with Gasteiger partial charge in [-0.3, -0.25) is 13.9 Å². The molecule has 2 amide bonds. The van der Waals surface area contributed by atoms with Crippen LogP contribution in [0.1, 0.15) is 43.9 Å². The molecule has 0 heterocycles. The van der Waals surface area contributed by atoms with E-state index in [-0.39, 0.29) is 23.4 Å². The van der Waals surface area contributed by atoms with Crippen molar-refractivity contribution in [3.63, 3.8) is 0 Å². The maximum absolute atomic E-state index is 14.1. The number of anilines is 1. The average Bonchev–Trinajstić information content (AvgIpc) is 2.92. The minimum absolute atomic E-state index is 0.0911. The number of rotatable bonds is 12. The number of amides is 2. The van der Waals surface area contributed by atoms with Gasteiger partial charge in [0.15, 0.2) is 0 Å². The van der Waals surface area contributed by atoms with Gasteiger partial charge in [0, 0.05) is 17.5 Å². The molecule has 214 valence electrons. The van der Waals surface area contributed by atoms with Crippen LogP contribution in [0, 0.1) is 13.8 Å². The summed E-state index contributed by atoms with van der Waals surface area (Å²) in [6, 6.07) is 20.5. The lowest BCUT2D eigenvalue weighted by molar-refractivity contribution is -0.140. The molecule has 9 heteroatoms. The molecule has 0 spiro atoms. The van der Waals surface area contributed by atoms with Crippen LogP contribution in [0.15, 0.2) is 82.6 Å². The summed E-state index contributed by atoms with van der Waals surface area (Å²) >= 11 is 1.52. The van der Waals surface area contributed by atoms with Crippen LogP contribution in [-0.4, -0.2) is 50.0 Å². The van der Waals surface area contributed by atoms with Gasteiger partial charge in [-0.05, 0) is 82.3 Å². The molecule has 3 aromatic rings. The van der Waals surface area contributed by atoms with E-state index in [1.54, 1.807) is 36.4 Å². The highest BCUT2D eigenvalue weighted by Crippen LogP contribution is 2.27. The quantitative estimate of drug-likeness (QED) is 0.283. The normalized spacial score (nSPS) is 12.2. The van der Waals surface area contributed by atoms with E-state index in [0.717, 1.165) is 25.9 Å². The number of aryl methyl sites for hydroxylation is 2. The van der Waals surface area contributed by atoms with Crippen molar-refractivity contribution < 1.29 is 18.0 Å². The van der Waals surface area contributed by atoms with Crippen molar-refractivity contribution in [2.24, 2.45) is 0 Å². The number of thioether (sulfide) groups is 1. The summed E-state index contributed by atoms with van der Waals surface area (Å²) in [6.45, 7) is 9.20. The van der Waals surface area contributed by atoms with Crippen molar-refractivity contribution >= 4 is 39.3 Å². The van der Waals surface area contributed by atoms with Crippen molar-refractivity contribution in [3.05, 3.63) is 89.5 Å². The average molecular weight is 582 g/mol. The number of nitrogens with one attached hydrogen (secondary N) is 1. The molecule has 0 aliphatic carbocycles. The standard InChI is InChI=1S/C31H39N3O4S2/c1-7-29(31(36)32-22(2)3)33(20-25-12-8-23(4)9-13-25)30(35)21-34(26-14-10-24(5)11-15-26)40(37,38)28-18-16-27(39-6)17-19-28/h8-19,22,29H,7,20-21H2,1-6H3,(H,32,36)/t29-/m0/s1. The van der Waals surface area contributed by atoms with E-state index >= 15 is 0 Å². The molecular weight excluding hydrogens is 542 g/mol. The Kier molecular flexibility index (Phi) is 10.8. The van der Waals surface area contributed by atoms with E-state index in [1.807, 2.05) is 77.3 Å². The molecular formula is C31H39N3O4S2. The fraction of sp³-hybridized carbons (Fsp3) is 0.355. The highest BCUT2D eigenvalue weighted by Gasteiger charge is 2.33. The van der Waals surface area contributed by atoms with Gasteiger partial charge in [-0.25, -0.2) is 8.42 Å². The summed E-state index contributed by atoms with van der Waals surface area (Å²) in [5.74, 6) is -0.730. The number of sulfonamides is 1. The smallest absolute Gasteiger partial charge is 0.264 e. The molecule has 3 rings (SSSR count). The Labute approximate surface area is 243 Å². The molecule has 0 radical (unpaired) electrons. The van der Waals surface area contributed by atoms with Gasteiger partial charge in [0.05, 0.1) is 10.6 Å². The van der Waals surface area contributed by atoms with Crippen LogP contribution >= 0.6 is 11.8 Å². The second-order valence-electron chi connectivity index (χ2n) is 10.1. The van der Waals surface area contributed by atoms with E-state index in [2.05, 4.69) is 5.32 Å². The van der Waals surface area contributed by atoms with E-state index in [9.17, 15) is 18.0 Å². The largest absolute Gasteiger partial charge is 0.352 e. The van der Waals surface area contributed by atoms with Gasteiger partial charge < -0.3 is 10.2 Å². The lowest BCUT2D eigenvalue weighted by Crippen LogP contribution is -2.53. The number of hydrogen-bond acceptors (Lipinski definition) is 5. The van der Waals surface area contributed by atoms with Crippen LogP contribution in [0.3, 0.4) is 0 Å². The van der Waals surface area contributed by atoms with E-state index in [0.29, 0.717) is 12.1 Å².